The van der Waals surface area contributed by atoms with Gasteiger partial charge in [-0.2, -0.15) is 15.0 Å². The Kier molecular flexibility index (Phi) is 4.04. The van der Waals surface area contributed by atoms with Crippen LogP contribution in [0.1, 0.15) is 6.92 Å². The first kappa shape index (κ1) is 11.4. The van der Waals surface area contributed by atoms with Crippen molar-refractivity contribution < 1.29 is 9.47 Å². The number of nitrogen functional groups attached to an aromatic ring is 1. The van der Waals surface area contributed by atoms with E-state index in [9.17, 15) is 0 Å². The van der Waals surface area contributed by atoms with E-state index in [2.05, 4.69) is 20.3 Å². The summed E-state index contributed by atoms with van der Waals surface area (Å²) in [7, 11) is 3.10. The maximum Gasteiger partial charge on any atom is 0.322 e. The largest absolute Gasteiger partial charge is 0.467 e. The molecule has 0 amide bonds. The van der Waals surface area contributed by atoms with Crippen molar-refractivity contribution in [2.75, 3.05) is 31.8 Å². The predicted molar refractivity (Wildman–Crippen MR) is 55.8 cm³/mol. The Morgan fingerprint density at radius 2 is 2.07 bits per heavy atom. The van der Waals surface area contributed by atoms with Gasteiger partial charge in [0.2, 0.25) is 11.9 Å². The molecule has 0 spiro atoms. The molecule has 0 aliphatic heterocycles. The summed E-state index contributed by atoms with van der Waals surface area (Å²) in [6.45, 7) is 2.51. The molecule has 0 aliphatic carbocycles. The van der Waals surface area contributed by atoms with E-state index in [-0.39, 0.29) is 18.1 Å². The Morgan fingerprint density at radius 1 is 1.33 bits per heavy atom. The number of methoxy groups -OCH3 is 2. The van der Waals surface area contributed by atoms with Crippen molar-refractivity contribution in [3.05, 3.63) is 0 Å². The van der Waals surface area contributed by atoms with E-state index >= 15 is 0 Å². The van der Waals surface area contributed by atoms with E-state index in [1.165, 1.54) is 7.11 Å². The first-order valence-corrected chi connectivity index (χ1v) is 4.48. The molecule has 0 radical (unpaired) electrons. The van der Waals surface area contributed by atoms with Gasteiger partial charge in [-0.3, -0.25) is 0 Å². The molecule has 84 valence electrons. The van der Waals surface area contributed by atoms with Crippen molar-refractivity contribution in [3.8, 4) is 6.01 Å². The minimum absolute atomic E-state index is 0.0639. The SMILES string of the molecule is COc1nc(N)nc(NCC(C)OC)n1. The van der Waals surface area contributed by atoms with E-state index in [4.69, 9.17) is 15.2 Å². The van der Waals surface area contributed by atoms with Gasteiger partial charge in [-0.15, -0.1) is 0 Å². The van der Waals surface area contributed by atoms with Crippen LogP contribution >= 0.6 is 0 Å². The molecular weight excluding hydrogens is 198 g/mol. The third-order valence-electron chi connectivity index (χ3n) is 1.76. The van der Waals surface area contributed by atoms with Gasteiger partial charge in [0, 0.05) is 13.7 Å². The maximum atomic E-state index is 5.46. The van der Waals surface area contributed by atoms with E-state index in [1.54, 1.807) is 7.11 Å². The summed E-state index contributed by atoms with van der Waals surface area (Å²) in [5.41, 5.74) is 5.46. The number of nitrogens with zero attached hydrogens (tertiary/aromatic N) is 3. The van der Waals surface area contributed by atoms with Crippen LogP contribution in [0.2, 0.25) is 0 Å². The lowest BCUT2D eigenvalue weighted by Crippen LogP contribution is -2.20. The molecule has 1 atom stereocenters. The van der Waals surface area contributed by atoms with Gasteiger partial charge in [-0.05, 0) is 6.92 Å². The fourth-order valence-corrected chi connectivity index (χ4v) is 0.861. The van der Waals surface area contributed by atoms with E-state index < -0.39 is 0 Å². The van der Waals surface area contributed by atoms with Gasteiger partial charge < -0.3 is 20.5 Å². The van der Waals surface area contributed by atoms with Crippen LogP contribution in [0.3, 0.4) is 0 Å². The van der Waals surface area contributed by atoms with Gasteiger partial charge in [-0.1, -0.05) is 0 Å². The van der Waals surface area contributed by atoms with Gasteiger partial charge in [-0.25, -0.2) is 0 Å². The van der Waals surface area contributed by atoms with E-state index in [0.29, 0.717) is 12.5 Å². The highest BCUT2D eigenvalue weighted by Gasteiger charge is 2.05. The number of anilines is 2. The van der Waals surface area contributed by atoms with Crippen molar-refractivity contribution in [3.63, 3.8) is 0 Å². The standard InChI is InChI=1S/C8H15N5O2/c1-5(14-2)4-10-7-11-6(9)12-8(13-7)15-3/h5H,4H2,1-3H3,(H3,9,10,11,12,13). The summed E-state index contributed by atoms with van der Waals surface area (Å²) in [6.07, 6.45) is 0.0639. The molecule has 0 saturated heterocycles. The van der Waals surface area contributed by atoms with Crippen molar-refractivity contribution in [2.45, 2.75) is 13.0 Å². The van der Waals surface area contributed by atoms with Crippen LogP contribution in [0.5, 0.6) is 6.01 Å². The van der Waals surface area contributed by atoms with Crippen LogP contribution in [0.4, 0.5) is 11.9 Å². The number of hydrogen-bond acceptors (Lipinski definition) is 7. The molecule has 0 aliphatic rings. The highest BCUT2D eigenvalue weighted by atomic mass is 16.5. The number of nitrogens with two attached hydrogens (primary N) is 1. The molecule has 0 saturated carbocycles. The third-order valence-corrected chi connectivity index (χ3v) is 1.76. The number of ether oxygens (including phenoxy) is 2. The van der Waals surface area contributed by atoms with Crippen molar-refractivity contribution in [1.29, 1.82) is 0 Å². The average Bonchev–Trinajstić information content (AvgIpc) is 2.25. The van der Waals surface area contributed by atoms with E-state index in [0.717, 1.165) is 0 Å². The van der Waals surface area contributed by atoms with Crippen LogP contribution < -0.4 is 15.8 Å². The molecule has 1 rings (SSSR count). The molecule has 1 unspecified atom stereocenters. The lowest BCUT2D eigenvalue weighted by atomic mass is 10.4. The average molecular weight is 213 g/mol. The first-order valence-electron chi connectivity index (χ1n) is 4.48. The second-order valence-electron chi connectivity index (χ2n) is 2.93. The molecule has 15 heavy (non-hydrogen) atoms. The van der Waals surface area contributed by atoms with Crippen molar-refractivity contribution in [2.24, 2.45) is 0 Å². The smallest absolute Gasteiger partial charge is 0.322 e. The summed E-state index contributed by atoms with van der Waals surface area (Å²) in [5.74, 6) is 0.498. The Balaban J connectivity index is 2.64. The van der Waals surface area contributed by atoms with Crippen LogP contribution in [0.25, 0.3) is 0 Å². The monoisotopic (exact) mass is 213 g/mol. The minimum atomic E-state index is 0.0639. The summed E-state index contributed by atoms with van der Waals surface area (Å²) in [6, 6.07) is 0.190. The summed E-state index contributed by atoms with van der Waals surface area (Å²) in [5, 5.41) is 2.96. The molecule has 3 N–H and O–H groups in total. The number of hydrogen-bond donors (Lipinski definition) is 2. The zero-order valence-corrected chi connectivity index (χ0v) is 9.02. The molecule has 1 heterocycles. The zero-order valence-electron chi connectivity index (χ0n) is 9.02. The molecule has 7 heteroatoms. The quantitative estimate of drug-likeness (QED) is 0.705. The van der Waals surface area contributed by atoms with Crippen LogP contribution in [0.15, 0.2) is 0 Å². The van der Waals surface area contributed by atoms with Crippen LogP contribution in [-0.4, -0.2) is 41.8 Å². The Hall–Kier alpha value is -1.63. The molecule has 1 aromatic rings. The number of nitrogens with one attached hydrogen (secondary N) is 1. The number of aromatic nitrogens is 3. The first-order chi connectivity index (χ1) is 7.15. The van der Waals surface area contributed by atoms with E-state index in [1.807, 2.05) is 6.92 Å². The summed E-state index contributed by atoms with van der Waals surface area (Å²) >= 11 is 0. The third kappa shape index (κ3) is 3.55. The topological polar surface area (TPSA) is 95.2 Å². The fraction of sp³-hybridized carbons (Fsp3) is 0.625. The van der Waals surface area contributed by atoms with Crippen LogP contribution in [-0.2, 0) is 4.74 Å². The minimum Gasteiger partial charge on any atom is -0.467 e. The summed E-state index contributed by atoms with van der Waals surface area (Å²) < 4.78 is 9.92. The highest BCUT2D eigenvalue weighted by molar-refractivity contribution is 5.32. The lowest BCUT2D eigenvalue weighted by molar-refractivity contribution is 0.128. The molecule has 1 aromatic heterocycles. The highest BCUT2D eigenvalue weighted by Crippen LogP contribution is 2.07. The maximum absolute atomic E-state index is 5.46. The molecule has 0 aromatic carbocycles. The van der Waals surface area contributed by atoms with Crippen LogP contribution in [0, 0.1) is 0 Å². The molecule has 0 fully saturated rings. The summed E-state index contributed by atoms with van der Waals surface area (Å²) in [4.78, 5) is 11.6. The van der Waals surface area contributed by atoms with Crippen molar-refractivity contribution >= 4 is 11.9 Å². The molecule has 7 nitrogen and oxygen atoms in total. The predicted octanol–water partition coefficient (Wildman–Crippen LogP) is -0.0908. The Morgan fingerprint density at radius 3 is 2.67 bits per heavy atom. The number of rotatable bonds is 5. The lowest BCUT2D eigenvalue weighted by Gasteiger charge is -2.10. The van der Waals surface area contributed by atoms with Gasteiger partial charge in [0.05, 0.1) is 13.2 Å². The molecular formula is C8H15N5O2. The van der Waals surface area contributed by atoms with Crippen molar-refractivity contribution in [1.82, 2.24) is 15.0 Å². The Bertz CT molecular complexity index is 320. The van der Waals surface area contributed by atoms with Gasteiger partial charge in [0.1, 0.15) is 0 Å². The fourth-order valence-electron chi connectivity index (χ4n) is 0.861. The second kappa shape index (κ2) is 5.30. The molecule has 0 bridgehead atoms. The second-order valence-corrected chi connectivity index (χ2v) is 2.93. The normalized spacial score (nSPS) is 12.2. The van der Waals surface area contributed by atoms with Gasteiger partial charge in [0.25, 0.3) is 0 Å². The van der Waals surface area contributed by atoms with Gasteiger partial charge >= 0.3 is 6.01 Å². The van der Waals surface area contributed by atoms with Gasteiger partial charge in [0.15, 0.2) is 0 Å². The Labute approximate surface area is 88.0 Å². The zero-order chi connectivity index (χ0) is 11.3.